The number of para-hydroxylation sites is 1. The molecule has 0 amide bonds. The van der Waals surface area contributed by atoms with Gasteiger partial charge in [0.25, 0.3) is 0 Å². The predicted octanol–water partition coefficient (Wildman–Crippen LogP) is 3.28. The molecule has 0 radical (unpaired) electrons. The predicted molar refractivity (Wildman–Crippen MR) is 117 cm³/mol. The summed E-state index contributed by atoms with van der Waals surface area (Å²) in [6, 6.07) is 13.0. The lowest BCUT2D eigenvalue weighted by atomic mass is 10.1. The Morgan fingerprint density at radius 2 is 1.73 bits per heavy atom. The maximum atomic E-state index is 14.0. The van der Waals surface area contributed by atoms with Gasteiger partial charge in [-0.05, 0) is 49.2 Å². The van der Waals surface area contributed by atoms with Crippen molar-refractivity contribution < 1.29 is 4.39 Å². The molecule has 2 aromatic carbocycles. The first kappa shape index (κ1) is 20.0. The monoisotopic (exact) mass is 407 g/mol. The molecule has 30 heavy (non-hydrogen) atoms. The van der Waals surface area contributed by atoms with Gasteiger partial charge in [-0.1, -0.05) is 18.2 Å². The second-order valence-corrected chi connectivity index (χ2v) is 7.57. The molecule has 0 aliphatic carbocycles. The number of piperazine rings is 1. The Morgan fingerprint density at radius 1 is 0.967 bits per heavy atom. The van der Waals surface area contributed by atoms with E-state index in [0.29, 0.717) is 24.0 Å². The smallest absolute Gasteiger partial charge is 0.232 e. The number of nitrogens with zero attached hydrogens (tertiary/aromatic N) is 5. The summed E-state index contributed by atoms with van der Waals surface area (Å²) >= 11 is 0. The third-order valence-electron chi connectivity index (χ3n) is 5.39. The van der Waals surface area contributed by atoms with Crippen molar-refractivity contribution in [2.45, 2.75) is 20.4 Å². The third-order valence-corrected chi connectivity index (χ3v) is 5.39. The molecule has 1 aliphatic heterocycles. The molecule has 1 fully saturated rings. The largest absolute Gasteiger partial charge is 0.368 e. The van der Waals surface area contributed by atoms with Crippen molar-refractivity contribution in [3.63, 3.8) is 0 Å². The van der Waals surface area contributed by atoms with E-state index in [-0.39, 0.29) is 11.8 Å². The average molecular weight is 407 g/mol. The van der Waals surface area contributed by atoms with Crippen LogP contribution in [0.3, 0.4) is 0 Å². The molecule has 3 N–H and O–H groups in total. The quantitative estimate of drug-likeness (QED) is 0.672. The van der Waals surface area contributed by atoms with Crippen molar-refractivity contribution in [1.29, 1.82) is 0 Å². The lowest BCUT2D eigenvalue weighted by molar-refractivity contribution is 0.243. The highest BCUT2D eigenvalue weighted by atomic mass is 19.1. The number of anilines is 4. The first-order valence-electron chi connectivity index (χ1n) is 10.0. The van der Waals surface area contributed by atoms with Crippen LogP contribution in [-0.2, 0) is 6.54 Å². The van der Waals surface area contributed by atoms with Crippen LogP contribution >= 0.6 is 0 Å². The highest BCUT2D eigenvalue weighted by Gasteiger charge is 2.20. The number of aromatic nitrogens is 3. The van der Waals surface area contributed by atoms with Crippen molar-refractivity contribution in [2.75, 3.05) is 42.1 Å². The van der Waals surface area contributed by atoms with Crippen molar-refractivity contribution in [2.24, 2.45) is 0 Å². The minimum atomic E-state index is -0.182. The van der Waals surface area contributed by atoms with Gasteiger partial charge < -0.3 is 16.0 Å². The van der Waals surface area contributed by atoms with Gasteiger partial charge in [0.15, 0.2) is 0 Å². The summed E-state index contributed by atoms with van der Waals surface area (Å²) in [6.45, 7) is 7.78. The molecule has 4 rings (SSSR count). The number of nitrogens with two attached hydrogens (primary N) is 1. The summed E-state index contributed by atoms with van der Waals surface area (Å²) in [5.74, 6) is 1.06. The van der Waals surface area contributed by atoms with Gasteiger partial charge in [0.2, 0.25) is 11.9 Å². The van der Waals surface area contributed by atoms with E-state index in [4.69, 9.17) is 5.73 Å². The van der Waals surface area contributed by atoms with Gasteiger partial charge in [-0.2, -0.15) is 15.0 Å². The Kier molecular flexibility index (Phi) is 5.76. The number of halogens is 1. The van der Waals surface area contributed by atoms with E-state index >= 15 is 0 Å². The Bertz CT molecular complexity index is 1030. The van der Waals surface area contributed by atoms with Crippen molar-refractivity contribution in [1.82, 2.24) is 19.9 Å². The number of hydrogen-bond acceptors (Lipinski definition) is 7. The molecular weight excluding hydrogens is 381 g/mol. The fraction of sp³-hybridized carbons (Fsp3) is 0.318. The summed E-state index contributed by atoms with van der Waals surface area (Å²) < 4.78 is 14.0. The molecule has 0 unspecified atom stereocenters. The minimum absolute atomic E-state index is 0.182. The van der Waals surface area contributed by atoms with Gasteiger partial charge in [-0.25, -0.2) is 4.39 Å². The molecule has 0 spiro atoms. The molecule has 2 heterocycles. The van der Waals surface area contributed by atoms with Gasteiger partial charge >= 0.3 is 0 Å². The first-order chi connectivity index (χ1) is 14.5. The fourth-order valence-electron chi connectivity index (χ4n) is 3.57. The molecule has 7 nitrogen and oxygen atoms in total. The maximum absolute atomic E-state index is 14.0. The van der Waals surface area contributed by atoms with Crippen LogP contribution in [-0.4, -0.2) is 46.0 Å². The van der Waals surface area contributed by atoms with E-state index < -0.39 is 0 Å². The van der Waals surface area contributed by atoms with Crippen LogP contribution in [0.5, 0.6) is 0 Å². The lowest BCUT2D eigenvalue weighted by Gasteiger charge is -2.35. The van der Waals surface area contributed by atoms with Crippen molar-refractivity contribution >= 4 is 23.3 Å². The standard InChI is InChI=1S/C22H26FN7/c1-15-7-8-17(13-16(15)2)25-22-27-20(26-21(24)28-22)14-29-9-11-30(12-10-29)19-6-4-3-5-18(19)23/h3-8,13H,9-12,14H2,1-2H3,(H3,24,25,26,27,28). The Hall–Kier alpha value is -3.26. The van der Waals surface area contributed by atoms with Crippen LogP contribution in [0.25, 0.3) is 0 Å². The van der Waals surface area contributed by atoms with Crippen LogP contribution in [0.4, 0.5) is 27.7 Å². The van der Waals surface area contributed by atoms with Gasteiger partial charge in [0, 0.05) is 31.9 Å². The Morgan fingerprint density at radius 3 is 2.47 bits per heavy atom. The fourth-order valence-corrected chi connectivity index (χ4v) is 3.57. The molecular formula is C22H26FN7. The number of nitrogens with one attached hydrogen (secondary N) is 1. The molecule has 156 valence electrons. The van der Waals surface area contributed by atoms with Gasteiger partial charge in [-0.3, -0.25) is 4.90 Å². The molecule has 0 saturated carbocycles. The topological polar surface area (TPSA) is 83.2 Å². The zero-order valence-electron chi connectivity index (χ0n) is 17.3. The maximum Gasteiger partial charge on any atom is 0.232 e. The van der Waals surface area contributed by atoms with Crippen LogP contribution in [0, 0.1) is 19.7 Å². The van der Waals surface area contributed by atoms with Crippen LogP contribution in [0.1, 0.15) is 17.0 Å². The Labute approximate surface area is 175 Å². The summed E-state index contributed by atoms with van der Waals surface area (Å²) in [5, 5.41) is 3.21. The highest BCUT2D eigenvalue weighted by molar-refractivity contribution is 5.56. The summed E-state index contributed by atoms with van der Waals surface area (Å²) in [5.41, 5.74) is 9.90. The lowest BCUT2D eigenvalue weighted by Crippen LogP contribution is -2.46. The van der Waals surface area contributed by atoms with E-state index in [1.54, 1.807) is 6.07 Å². The zero-order chi connectivity index (χ0) is 21.1. The number of rotatable bonds is 5. The van der Waals surface area contributed by atoms with Crippen molar-refractivity contribution in [3.8, 4) is 0 Å². The van der Waals surface area contributed by atoms with E-state index in [1.165, 1.54) is 17.2 Å². The van der Waals surface area contributed by atoms with Gasteiger partial charge in [0.1, 0.15) is 11.6 Å². The molecule has 1 aliphatic rings. The van der Waals surface area contributed by atoms with Gasteiger partial charge in [-0.15, -0.1) is 0 Å². The van der Waals surface area contributed by atoms with Crippen LogP contribution in [0.15, 0.2) is 42.5 Å². The SMILES string of the molecule is Cc1ccc(Nc2nc(N)nc(CN3CCN(c4ccccc4F)CC3)n2)cc1C. The Balaban J connectivity index is 1.40. The van der Waals surface area contributed by atoms with Crippen LogP contribution < -0.4 is 16.0 Å². The second kappa shape index (κ2) is 8.62. The molecule has 8 heteroatoms. The molecule has 1 saturated heterocycles. The minimum Gasteiger partial charge on any atom is -0.368 e. The second-order valence-electron chi connectivity index (χ2n) is 7.57. The van der Waals surface area contributed by atoms with Gasteiger partial charge in [0.05, 0.1) is 12.2 Å². The van der Waals surface area contributed by atoms with E-state index in [1.807, 2.05) is 18.2 Å². The van der Waals surface area contributed by atoms with Crippen molar-refractivity contribution in [3.05, 3.63) is 65.2 Å². The summed E-state index contributed by atoms with van der Waals surface area (Å²) in [7, 11) is 0. The zero-order valence-corrected chi connectivity index (χ0v) is 17.3. The summed E-state index contributed by atoms with van der Waals surface area (Å²) in [4.78, 5) is 17.4. The number of benzene rings is 2. The highest BCUT2D eigenvalue weighted by Crippen LogP contribution is 2.21. The van der Waals surface area contributed by atoms with E-state index in [0.717, 1.165) is 31.9 Å². The first-order valence-corrected chi connectivity index (χ1v) is 10.0. The molecule has 0 bridgehead atoms. The number of nitrogen functional groups attached to an aromatic ring is 1. The van der Waals surface area contributed by atoms with Crippen LogP contribution in [0.2, 0.25) is 0 Å². The summed E-state index contributed by atoms with van der Waals surface area (Å²) in [6.07, 6.45) is 0. The normalized spacial score (nSPS) is 14.7. The average Bonchev–Trinajstić information content (AvgIpc) is 2.71. The third kappa shape index (κ3) is 4.65. The molecule has 1 aromatic heterocycles. The molecule has 0 atom stereocenters. The van der Waals surface area contributed by atoms with E-state index in [2.05, 4.69) is 56.0 Å². The number of aryl methyl sites for hydroxylation is 2. The van der Waals surface area contributed by atoms with E-state index in [9.17, 15) is 4.39 Å². The molecule has 3 aromatic rings. The number of hydrogen-bond donors (Lipinski definition) is 2.